The molecule has 1 aromatic heterocycles. The summed E-state index contributed by atoms with van der Waals surface area (Å²) in [6, 6.07) is 5.73. The van der Waals surface area contributed by atoms with Crippen molar-refractivity contribution >= 4 is 10.9 Å². The Bertz CT molecular complexity index is 678. The Balaban J connectivity index is 1.57. The number of halogens is 1. The third-order valence-corrected chi connectivity index (χ3v) is 5.41. The van der Waals surface area contributed by atoms with Crippen molar-refractivity contribution in [2.75, 3.05) is 26.7 Å². The minimum Gasteiger partial charge on any atom is -0.357 e. The molecule has 0 aliphatic carbocycles. The summed E-state index contributed by atoms with van der Waals surface area (Å²) in [6.07, 6.45) is 1.33. The van der Waals surface area contributed by atoms with Gasteiger partial charge in [0.15, 0.2) is 0 Å². The van der Waals surface area contributed by atoms with E-state index in [9.17, 15) is 4.39 Å². The fourth-order valence-corrected chi connectivity index (χ4v) is 4.13. The predicted octanol–water partition coefficient (Wildman–Crippen LogP) is 2.75. The maximum atomic E-state index is 13.4. The molecule has 0 amide bonds. The number of nitrogens with zero attached hydrogens (tertiary/aromatic N) is 2. The van der Waals surface area contributed by atoms with Crippen LogP contribution in [0.25, 0.3) is 10.9 Å². The van der Waals surface area contributed by atoms with Crippen LogP contribution in [0, 0.1) is 18.7 Å². The van der Waals surface area contributed by atoms with Crippen LogP contribution in [0.15, 0.2) is 18.2 Å². The lowest BCUT2D eigenvalue weighted by Crippen LogP contribution is -2.32. The smallest absolute Gasteiger partial charge is 0.123 e. The quantitative estimate of drug-likeness (QED) is 0.917. The molecule has 0 radical (unpaired) electrons. The number of rotatable bonds is 2. The molecule has 2 atom stereocenters. The molecule has 0 saturated carbocycles. The highest BCUT2D eigenvalue weighted by atomic mass is 19.1. The molecule has 2 saturated heterocycles. The lowest BCUT2D eigenvalue weighted by Gasteiger charge is -2.20. The van der Waals surface area contributed by atoms with E-state index in [4.69, 9.17) is 0 Å². The standard InChI is InChI=1S/C17H22FN3/c1-11-14-7-13(18)3-4-15(14)19-16(11)9-21-8-12-5-6-20(2)17(12)10-21/h3-4,7,12,17,19H,5-6,8-10H2,1-2H3/t12-,17+/m1/s1. The van der Waals surface area contributed by atoms with Crippen LogP contribution in [0.2, 0.25) is 0 Å². The van der Waals surface area contributed by atoms with Crippen LogP contribution in [0.1, 0.15) is 17.7 Å². The van der Waals surface area contributed by atoms with Gasteiger partial charge in [0.05, 0.1) is 0 Å². The number of H-pyrrole nitrogens is 1. The average Bonchev–Trinajstić information content (AvgIpc) is 3.09. The van der Waals surface area contributed by atoms with E-state index in [1.807, 2.05) is 6.07 Å². The molecule has 2 aliphatic rings. The SMILES string of the molecule is Cc1c(CN2C[C@H]3CCN(C)[C@H]3C2)[nH]c2ccc(F)cc12. The maximum Gasteiger partial charge on any atom is 0.123 e. The van der Waals surface area contributed by atoms with Crippen LogP contribution >= 0.6 is 0 Å². The van der Waals surface area contributed by atoms with E-state index < -0.39 is 0 Å². The Morgan fingerprint density at radius 3 is 3.00 bits per heavy atom. The summed E-state index contributed by atoms with van der Waals surface area (Å²) in [7, 11) is 2.24. The summed E-state index contributed by atoms with van der Waals surface area (Å²) in [6.45, 7) is 6.63. The van der Waals surface area contributed by atoms with E-state index in [1.165, 1.54) is 36.8 Å². The number of nitrogens with one attached hydrogen (secondary N) is 1. The van der Waals surface area contributed by atoms with Crippen molar-refractivity contribution in [3.05, 3.63) is 35.3 Å². The number of likely N-dealkylation sites (N-methyl/N-ethyl adjacent to an activating group) is 1. The van der Waals surface area contributed by atoms with Crippen LogP contribution in [0.5, 0.6) is 0 Å². The first kappa shape index (κ1) is 13.3. The number of likely N-dealkylation sites (tertiary alicyclic amines) is 2. The van der Waals surface area contributed by atoms with Crippen LogP contribution in [-0.2, 0) is 6.54 Å². The molecule has 2 aromatic rings. The van der Waals surface area contributed by atoms with Gasteiger partial charge in [-0.15, -0.1) is 0 Å². The molecule has 3 nitrogen and oxygen atoms in total. The van der Waals surface area contributed by atoms with Gasteiger partial charge in [-0.1, -0.05) is 0 Å². The van der Waals surface area contributed by atoms with Crippen molar-refractivity contribution < 1.29 is 4.39 Å². The van der Waals surface area contributed by atoms with Crippen molar-refractivity contribution in [2.45, 2.75) is 25.9 Å². The fraction of sp³-hybridized carbons (Fsp3) is 0.529. The first-order valence-corrected chi connectivity index (χ1v) is 7.81. The number of hydrogen-bond acceptors (Lipinski definition) is 2. The normalized spacial score (nSPS) is 26.8. The molecule has 4 rings (SSSR count). The Labute approximate surface area is 124 Å². The second-order valence-corrected chi connectivity index (χ2v) is 6.71. The van der Waals surface area contributed by atoms with Gasteiger partial charge >= 0.3 is 0 Å². The molecule has 21 heavy (non-hydrogen) atoms. The van der Waals surface area contributed by atoms with Gasteiger partial charge < -0.3 is 9.88 Å². The lowest BCUT2D eigenvalue weighted by atomic mass is 10.1. The number of aromatic nitrogens is 1. The minimum absolute atomic E-state index is 0.159. The summed E-state index contributed by atoms with van der Waals surface area (Å²) in [5, 5.41) is 1.02. The molecule has 4 heteroatoms. The maximum absolute atomic E-state index is 13.4. The molecule has 0 unspecified atom stereocenters. The number of aryl methyl sites for hydroxylation is 1. The zero-order chi connectivity index (χ0) is 14.6. The van der Waals surface area contributed by atoms with Gasteiger partial charge in [-0.25, -0.2) is 4.39 Å². The van der Waals surface area contributed by atoms with Gasteiger partial charge in [-0.2, -0.15) is 0 Å². The summed E-state index contributed by atoms with van der Waals surface area (Å²) in [5.41, 5.74) is 3.47. The van der Waals surface area contributed by atoms with E-state index in [0.717, 1.165) is 36.0 Å². The Morgan fingerprint density at radius 1 is 1.33 bits per heavy atom. The molecular weight excluding hydrogens is 265 g/mol. The summed E-state index contributed by atoms with van der Waals surface area (Å²) < 4.78 is 13.4. The molecule has 2 aliphatic heterocycles. The van der Waals surface area contributed by atoms with Crippen LogP contribution in [0.3, 0.4) is 0 Å². The van der Waals surface area contributed by atoms with E-state index in [1.54, 1.807) is 6.07 Å². The van der Waals surface area contributed by atoms with Crippen molar-refractivity contribution in [1.82, 2.24) is 14.8 Å². The van der Waals surface area contributed by atoms with Gasteiger partial charge in [0.25, 0.3) is 0 Å². The Morgan fingerprint density at radius 2 is 2.19 bits per heavy atom. The highest BCUT2D eigenvalue weighted by Crippen LogP contribution is 2.32. The van der Waals surface area contributed by atoms with E-state index in [-0.39, 0.29) is 5.82 Å². The second kappa shape index (κ2) is 4.82. The third-order valence-electron chi connectivity index (χ3n) is 5.41. The van der Waals surface area contributed by atoms with Gasteiger partial charge in [-0.3, -0.25) is 4.90 Å². The third kappa shape index (κ3) is 2.17. The largest absolute Gasteiger partial charge is 0.357 e. The summed E-state index contributed by atoms with van der Waals surface area (Å²) in [4.78, 5) is 8.51. The molecule has 0 bridgehead atoms. The second-order valence-electron chi connectivity index (χ2n) is 6.71. The van der Waals surface area contributed by atoms with E-state index >= 15 is 0 Å². The number of hydrogen-bond donors (Lipinski definition) is 1. The summed E-state index contributed by atoms with van der Waals surface area (Å²) >= 11 is 0. The number of fused-ring (bicyclic) bond motifs is 2. The van der Waals surface area contributed by atoms with E-state index in [2.05, 4.69) is 28.8 Å². The lowest BCUT2D eigenvalue weighted by molar-refractivity contribution is 0.254. The molecule has 3 heterocycles. The molecule has 1 N–H and O–H groups in total. The van der Waals surface area contributed by atoms with Gasteiger partial charge in [0.1, 0.15) is 5.82 Å². The average molecular weight is 287 g/mol. The fourth-order valence-electron chi connectivity index (χ4n) is 4.13. The van der Waals surface area contributed by atoms with Crippen LogP contribution in [-0.4, -0.2) is 47.5 Å². The molecule has 1 aromatic carbocycles. The Kier molecular flexibility index (Phi) is 3.05. The van der Waals surface area contributed by atoms with Crippen LogP contribution < -0.4 is 0 Å². The van der Waals surface area contributed by atoms with Crippen LogP contribution in [0.4, 0.5) is 4.39 Å². The van der Waals surface area contributed by atoms with Crippen molar-refractivity contribution in [1.29, 1.82) is 0 Å². The van der Waals surface area contributed by atoms with Gasteiger partial charge in [0, 0.05) is 42.3 Å². The molecule has 0 spiro atoms. The number of aromatic amines is 1. The first-order valence-electron chi connectivity index (χ1n) is 7.81. The van der Waals surface area contributed by atoms with Crippen molar-refractivity contribution in [3.63, 3.8) is 0 Å². The number of benzene rings is 1. The topological polar surface area (TPSA) is 22.3 Å². The Hall–Kier alpha value is -1.39. The van der Waals surface area contributed by atoms with Crippen molar-refractivity contribution in [3.8, 4) is 0 Å². The summed E-state index contributed by atoms with van der Waals surface area (Å²) in [5.74, 6) is 0.672. The first-order chi connectivity index (χ1) is 10.1. The monoisotopic (exact) mass is 287 g/mol. The van der Waals surface area contributed by atoms with Gasteiger partial charge in [0.2, 0.25) is 0 Å². The van der Waals surface area contributed by atoms with Gasteiger partial charge in [-0.05, 0) is 56.6 Å². The minimum atomic E-state index is -0.159. The van der Waals surface area contributed by atoms with Crippen molar-refractivity contribution in [2.24, 2.45) is 5.92 Å². The zero-order valence-electron chi connectivity index (χ0n) is 12.7. The molecule has 112 valence electrons. The van der Waals surface area contributed by atoms with E-state index in [0.29, 0.717) is 0 Å². The highest BCUT2D eigenvalue weighted by Gasteiger charge is 2.39. The molecular formula is C17H22FN3. The predicted molar refractivity (Wildman–Crippen MR) is 82.8 cm³/mol. The zero-order valence-corrected chi connectivity index (χ0v) is 12.7. The molecule has 2 fully saturated rings. The highest BCUT2D eigenvalue weighted by molar-refractivity contribution is 5.84.